The molecule has 6 heteroatoms. The molecule has 1 fully saturated rings. The van der Waals surface area contributed by atoms with Gasteiger partial charge in [-0.15, -0.1) is 0 Å². The zero-order chi connectivity index (χ0) is 33.0. The Kier molecular flexibility index (Phi) is 12.0. The molecule has 1 heterocycles. The van der Waals surface area contributed by atoms with Crippen molar-refractivity contribution in [1.82, 2.24) is 0 Å². The molecular formula is C42H44O6. The Hall–Kier alpha value is -4.30. The highest BCUT2D eigenvalue weighted by atomic mass is 16.7. The van der Waals surface area contributed by atoms with Crippen LogP contribution in [0.25, 0.3) is 0 Å². The molecule has 0 unspecified atom stereocenters. The van der Waals surface area contributed by atoms with E-state index >= 15 is 0 Å². The molecule has 0 amide bonds. The number of hydrogen-bond donors (Lipinski definition) is 0. The number of ether oxygens (including phenoxy) is 6. The molecule has 0 saturated carbocycles. The first-order valence-corrected chi connectivity index (χ1v) is 16.6. The van der Waals surface area contributed by atoms with Crippen molar-refractivity contribution in [2.45, 2.75) is 71.0 Å². The average molecular weight is 645 g/mol. The van der Waals surface area contributed by atoms with Crippen molar-refractivity contribution >= 4 is 0 Å². The molecule has 1 aliphatic heterocycles. The molecule has 48 heavy (non-hydrogen) atoms. The van der Waals surface area contributed by atoms with Crippen LogP contribution in [0.4, 0.5) is 0 Å². The Labute approximate surface area is 284 Å². The highest BCUT2D eigenvalue weighted by molar-refractivity contribution is 5.40. The lowest BCUT2D eigenvalue weighted by molar-refractivity contribution is -0.310. The SMILES string of the molecule is Cc1cccc(C)c1O[C@H]1O[C@H](COCc2ccccc2)[C@@H](OCc2ccccc2)[C@H](OCc2ccccc2)[C@H]1OCc1ccccc1. The Morgan fingerprint density at radius 2 is 0.875 bits per heavy atom. The van der Waals surface area contributed by atoms with E-state index < -0.39 is 30.7 Å². The molecule has 6 rings (SSSR count). The van der Waals surface area contributed by atoms with E-state index in [1.807, 2.05) is 105 Å². The van der Waals surface area contributed by atoms with Crippen molar-refractivity contribution in [3.8, 4) is 5.75 Å². The van der Waals surface area contributed by atoms with Gasteiger partial charge in [0.1, 0.15) is 30.2 Å². The Balaban J connectivity index is 1.34. The summed E-state index contributed by atoms with van der Waals surface area (Å²) >= 11 is 0. The summed E-state index contributed by atoms with van der Waals surface area (Å²) in [5, 5.41) is 0. The summed E-state index contributed by atoms with van der Waals surface area (Å²) in [6, 6.07) is 46.7. The fourth-order valence-corrected chi connectivity index (χ4v) is 5.94. The van der Waals surface area contributed by atoms with Crippen LogP contribution in [0.15, 0.2) is 140 Å². The van der Waals surface area contributed by atoms with Crippen LogP contribution in [-0.4, -0.2) is 37.3 Å². The summed E-state index contributed by atoms with van der Waals surface area (Å²) in [5.74, 6) is 0.769. The third-order valence-corrected chi connectivity index (χ3v) is 8.48. The number of hydrogen-bond acceptors (Lipinski definition) is 6. The van der Waals surface area contributed by atoms with Gasteiger partial charge in [-0.2, -0.15) is 0 Å². The van der Waals surface area contributed by atoms with Gasteiger partial charge in [0.05, 0.1) is 33.0 Å². The summed E-state index contributed by atoms with van der Waals surface area (Å²) in [4.78, 5) is 0. The van der Waals surface area contributed by atoms with Crippen molar-refractivity contribution in [3.63, 3.8) is 0 Å². The highest BCUT2D eigenvalue weighted by Crippen LogP contribution is 2.34. The predicted molar refractivity (Wildman–Crippen MR) is 186 cm³/mol. The summed E-state index contributed by atoms with van der Waals surface area (Å²) in [7, 11) is 0. The van der Waals surface area contributed by atoms with E-state index in [0.717, 1.165) is 39.1 Å². The van der Waals surface area contributed by atoms with Gasteiger partial charge in [0.15, 0.2) is 0 Å². The van der Waals surface area contributed by atoms with Crippen LogP contribution in [0.1, 0.15) is 33.4 Å². The van der Waals surface area contributed by atoms with Crippen molar-refractivity contribution in [3.05, 3.63) is 173 Å². The van der Waals surface area contributed by atoms with Gasteiger partial charge in [-0.1, -0.05) is 140 Å². The highest BCUT2D eigenvalue weighted by Gasteiger charge is 2.50. The quantitative estimate of drug-likeness (QED) is 0.114. The van der Waals surface area contributed by atoms with Gasteiger partial charge in [0.25, 0.3) is 0 Å². The largest absolute Gasteiger partial charge is 0.461 e. The van der Waals surface area contributed by atoms with Crippen LogP contribution >= 0.6 is 0 Å². The molecule has 0 N–H and O–H groups in total. The first-order chi connectivity index (χ1) is 23.6. The number of benzene rings is 5. The van der Waals surface area contributed by atoms with Crippen LogP contribution in [0.3, 0.4) is 0 Å². The van der Waals surface area contributed by atoms with Crippen molar-refractivity contribution < 1.29 is 28.4 Å². The van der Waals surface area contributed by atoms with Gasteiger partial charge in [-0.3, -0.25) is 0 Å². The summed E-state index contributed by atoms with van der Waals surface area (Å²) in [6.07, 6.45) is -3.01. The maximum atomic E-state index is 6.85. The lowest BCUT2D eigenvalue weighted by atomic mass is 9.97. The zero-order valence-electron chi connectivity index (χ0n) is 27.7. The topological polar surface area (TPSA) is 55.4 Å². The molecule has 248 valence electrons. The van der Waals surface area contributed by atoms with E-state index in [4.69, 9.17) is 28.4 Å². The minimum absolute atomic E-state index is 0.275. The van der Waals surface area contributed by atoms with E-state index in [-0.39, 0.29) is 6.61 Å². The predicted octanol–water partition coefficient (Wildman–Crippen LogP) is 8.38. The molecule has 6 nitrogen and oxygen atoms in total. The average Bonchev–Trinajstić information content (AvgIpc) is 3.13. The normalized spacial score (nSPS) is 20.8. The monoisotopic (exact) mass is 644 g/mol. The van der Waals surface area contributed by atoms with Gasteiger partial charge in [-0.05, 0) is 47.2 Å². The van der Waals surface area contributed by atoms with E-state index in [2.05, 4.69) is 48.5 Å². The van der Waals surface area contributed by atoms with E-state index in [0.29, 0.717) is 26.4 Å². The number of rotatable bonds is 15. The van der Waals surface area contributed by atoms with Gasteiger partial charge >= 0.3 is 0 Å². The molecular weight excluding hydrogens is 600 g/mol. The van der Waals surface area contributed by atoms with Crippen LogP contribution < -0.4 is 4.74 Å². The van der Waals surface area contributed by atoms with E-state index in [1.54, 1.807) is 0 Å². The van der Waals surface area contributed by atoms with Gasteiger partial charge in [0, 0.05) is 0 Å². The lowest BCUT2D eigenvalue weighted by Gasteiger charge is -2.46. The summed E-state index contributed by atoms with van der Waals surface area (Å²) in [5.41, 5.74) is 6.26. The van der Waals surface area contributed by atoms with Crippen LogP contribution in [0, 0.1) is 13.8 Å². The second-order valence-electron chi connectivity index (χ2n) is 12.2. The maximum Gasteiger partial charge on any atom is 0.229 e. The van der Waals surface area contributed by atoms with Crippen molar-refractivity contribution in [2.75, 3.05) is 6.61 Å². The van der Waals surface area contributed by atoms with Gasteiger partial charge < -0.3 is 28.4 Å². The zero-order valence-corrected chi connectivity index (χ0v) is 27.7. The fourth-order valence-electron chi connectivity index (χ4n) is 5.94. The van der Waals surface area contributed by atoms with E-state index in [1.165, 1.54) is 0 Å². The molecule has 0 spiro atoms. The van der Waals surface area contributed by atoms with Gasteiger partial charge in [-0.25, -0.2) is 0 Å². The second-order valence-corrected chi connectivity index (χ2v) is 12.2. The van der Waals surface area contributed by atoms with Gasteiger partial charge in [0.2, 0.25) is 6.29 Å². The molecule has 0 radical (unpaired) electrons. The molecule has 5 aromatic carbocycles. The summed E-state index contributed by atoms with van der Waals surface area (Å²) < 4.78 is 40.2. The van der Waals surface area contributed by atoms with Crippen LogP contribution in [0.5, 0.6) is 5.75 Å². The third kappa shape index (κ3) is 9.19. The minimum atomic E-state index is -0.795. The maximum absolute atomic E-state index is 6.85. The first-order valence-electron chi connectivity index (χ1n) is 16.6. The lowest BCUT2D eigenvalue weighted by Crippen LogP contribution is -2.62. The Morgan fingerprint density at radius 1 is 0.458 bits per heavy atom. The fraction of sp³-hybridized carbons (Fsp3) is 0.286. The first kappa shape index (κ1) is 33.6. The molecule has 5 aromatic rings. The van der Waals surface area contributed by atoms with E-state index in [9.17, 15) is 0 Å². The Morgan fingerprint density at radius 3 is 1.35 bits per heavy atom. The number of aryl methyl sites for hydroxylation is 2. The van der Waals surface area contributed by atoms with Crippen LogP contribution in [0.2, 0.25) is 0 Å². The molecule has 1 saturated heterocycles. The Bertz CT molecular complexity index is 1630. The molecule has 0 bridgehead atoms. The number of para-hydroxylation sites is 1. The van der Waals surface area contributed by atoms with Crippen molar-refractivity contribution in [2.24, 2.45) is 0 Å². The van der Waals surface area contributed by atoms with Crippen LogP contribution in [-0.2, 0) is 50.1 Å². The second kappa shape index (κ2) is 17.2. The third-order valence-electron chi connectivity index (χ3n) is 8.48. The molecule has 1 aliphatic rings. The standard InChI is InChI=1S/C42H44O6/c1-31-16-15-17-32(2)38(31)48-42-41(46-29-36-24-13-6-14-25-36)40(45-28-35-22-11-5-12-23-35)39(44-27-34-20-9-4-10-21-34)37(47-42)30-43-26-33-18-7-3-8-19-33/h3-25,37,39-42H,26-30H2,1-2H3/t37-,39-,40+,41-,42-/m1/s1. The summed E-state index contributed by atoms with van der Waals surface area (Å²) in [6.45, 7) is 5.91. The molecule has 0 aliphatic carbocycles. The van der Waals surface area contributed by atoms with Crippen molar-refractivity contribution in [1.29, 1.82) is 0 Å². The molecule has 0 aromatic heterocycles. The smallest absolute Gasteiger partial charge is 0.229 e. The molecule has 5 atom stereocenters. The minimum Gasteiger partial charge on any atom is -0.461 e.